The van der Waals surface area contributed by atoms with Gasteiger partial charge in [0.05, 0.1) is 4.92 Å². The van der Waals surface area contributed by atoms with Crippen LogP contribution >= 0.6 is 0 Å². The molecule has 0 saturated heterocycles. The first-order chi connectivity index (χ1) is 6.61. The average molecular weight is 196 g/mol. The molecule has 0 fully saturated rings. The summed E-state index contributed by atoms with van der Waals surface area (Å²) in [5.41, 5.74) is 3.74. The lowest BCUT2D eigenvalue weighted by atomic mass is 10.5. The van der Waals surface area contributed by atoms with Crippen LogP contribution in [0.3, 0.4) is 0 Å². The standard InChI is InChI=1S/C5H4N6O3/c6-3-2(11(13)14)4(12)9-5-7-1-8-10(3)5/h1H,6H2,(H,7,8,9,12). The SMILES string of the molecule is Nc1c([N+](=O)[O-])c(=O)[nH]c2ncnn12. The van der Waals surface area contributed by atoms with Gasteiger partial charge >= 0.3 is 11.2 Å². The van der Waals surface area contributed by atoms with Gasteiger partial charge in [-0.2, -0.15) is 14.6 Å². The van der Waals surface area contributed by atoms with Crippen molar-refractivity contribution in [2.75, 3.05) is 5.73 Å². The van der Waals surface area contributed by atoms with Crippen molar-refractivity contribution in [2.24, 2.45) is 0 Å². The van der Waals surface area contributed by atoms with Crippen LogP contribution in [0.4, 0.5) is 11.5 Å². The van der Waals surface area contributed by atoms with Crippen LogP contribution in [0, 0.1) is 10.1 Å². The van der Waals surface area contributed by atoms with E-state index in [1.54, 1.807) is 0 Å². The normalized spacial score (nSPS) is 10.6. The summed E-state index contributed by atoms with van der Waals surface area (Å²) >= 11 is 0. The van der Waals surface area contributed by atoms with Gasteiger partial charge in [0, 0.05) is 0 Å². The van der Waals surface area contributed by atoms with Gasteiger partial charge in [0.2, 0.25) is 11.6 Å². The van der Waals surface area contributed by atoms with Crippen molar-refractivity contribution in [3.63, 3.8) is 0 Å². The Morgan fingerprint density at radius 1 is 1.64 bits per heavy atom. The van der Waals surface area contributed by atoms with Crippen LogP contribution in [0.25, 0.3) is 5.78 Å². The highest BCUT2D eigenvalue weighted by Gasteiger charge is 2.21. The summed E-state index contributed by atoms with van der Waals surface area (Å²) < 4.78 is 0.986. The van der Waals surface area contributed by atoms with E-state index in [-0.39, 0.29) is 11.6 Å². The molecule has 2 heterocycles. The molecule has 9 nitrogen and oxygen atoms in total. The van der Waals surface area contributed by atoms with E-state index in [0.717, 1.165) is 10.8 Å². The zero-order chi connectivity index (χ0) is 10.3. The number of nitrogens with zero attached hydrogens (tertiary/aromatic N) is 4. The van der Waals surface area contributed by atoms with E-state index in [9.17, 15) is 14.9 Å². The van der Waals surface area contributed by atoms with E-state index in [2.05, 4.69) is 15.1 Å². The van der Waals surface area contributed by atoms with Crippen LogP contribution in [-0.4, -0.2) is 24.5 Å². The third-order valence-electron chi connectivity index (χ3n) is 1.64. The number of nitrogen functional groups attached to an aromatic ring is 1. The molecule has 0 spiro atoms. The van der Waals surface area contributed by atoms with Crippen LogP contribution in [0.2, 0.25) is 0 Å². The molecule has 0 saturated carbocycles. The molecule has 0 radical (unpaired) electrons. The quantitative estimate of drug-likeness (QED) is 0.439. The molecule has 14 heavy (non-hydrogen) atoms. The van der Waals surface area contributed by atoms with Crippen molar-refractivity contribution in [1.82, 2.24) is 19.6 Å². The maximum absolute atomic E-state index is 11.1. The lowest BCUT2D eigenvalue weighted by Gasteiger charge is -1.97. The van der Waals surface area contributed by atoms with E-state index in [0.29, 0.717) is 0 Å². The lowest BCUT2D eigenvalue weighted by Crippen LogP contribution is -2.18. The van der Waals surface area contributed by atoms with Crippen molar-refractivity contribution < 1.29 is 4.92 Å². The monoisotopic (exact) mass is 196 g/mol. The molecule has 3 N–H and O–H groups in total. The molecule has 2 rings (SSSR count). The van der Waals surface area contributed by atoms with Gasteiger partial charge in [0.1, 0.15) is 6.33 Å². The number of hydrogen-bond donors (Lipinski definition) is 2. The molecular weight excluding hydrogens is 192 g/mol. The zero-order valence-corrected chi connectivity index (χ0v) is 6.67. The first-order valence-corrected chi connectivity index (χ1v) is 3.47. The van der Waals surface area contributed by atoms with Gasteiger partial charge in [-0.1, -0.05) is 0 Å². The molecule has 0 aliphatic rings. The molecule has 2 aromatic rings. The van der Waals surface area contributed by atoms with Crippen LogP contribution in [0.15, 0.2) is 11.1 Å². The second-order valence-electron chi connectivity index (χ2n) is 2.44. The summed E-state index contributed by atoms with van der Waals surface area (Å²) in [5.74, 6) is -0.274. The average Bonchev–Trinajstić information content (AvgIpc) is 2.50. The minimum atomic E-state index is -0.895. The molecule has 2 aromatic heterocycles. The van der Waals surface area contributed by atoms with Gasteiger partial charge in [-0.05, 0) is 0 Å². The maximum Gasteiger partial charge on any atom is 0.375 e. The molecule has 0 atom stereocenters. The number of aromatic nitrogens is 4. The number of hydrogen-bond acceptors (Lipinski definition) is 6. The summed E-state index contributed by atoms with van der Waals surface area (Å²) in [6, 6.07) is 0. The number of rotatable bonds is 1. The van der Waals surface area contributed by atoms with E-state index < -0.39 is 16.2 Å². The molecule has 0 bridgehead atoms. The molecule has 0 aliphatic carbocycles. The summed E-state index contributed by atoms with van der Waals surface area (Å²) in [4.78, 5) is 26.5. The topological polar surface area (TPSA) is 132 Å². The summed E-state index contributed by atoms with van der Waals surface area (Å²) in [5, 5.41) is 14.1. The van der Waals surface area contributed by atoms with Gasteiger partial charge in [0.15, 0.2) is 0 Å². The molecular formula is C5H4N6O3. The number of nitrogens with one attached hydrogen (secondary N) is 1. The number of anilines is 1. The van der Waals surface area contributed by atoms with Crippen molar-refractivity contribution in [2.45, 2.75) is 0 Å². The van der Waals surface area contributed by atoms with E-state index in [1.165, 1.54) is 0 Å². The Labute approximate surface area is 75.3 Å². The van der Waals surface area contributed by atoms with Gasteiger partial charge in [0.25, 0.3) is 0 Å². The Kier molecular flexibility index (Phi) is 1.47. The summed E-state index contributed by atoms with van der Waals surface area (Å²) in [7, 11) is 0. The fraction of sp³-hybridized carbons (Fsp3) is 0. The predicted molar refractivity (Wildman–Crippen MR) is 44.7 cm³/mol. The van der Waals surface area contributed by atoms with Crippen LogP contribution in [0.5, 0.6) is 0 Å². The van der Waals surface area contributed by atoms with Crippen molar-refractivity contribution in [1.29, 1.82) is 0 Å². The number of nitrogens with two attached hydrogens (primary N) is 1. The van der Waals surface area contributed by atoms with Crippen molar-refractivity contribution in [3.8, 4) is 0 Å². The Morgan fingerprint density at radius 2 is 2.36 bits per heavy atom. The molecule has 72 valence electrons. The first-order valence-electron chi connectivity index (χ1n) is 3.47. The summed E-state index contributed by atoms with van der Waals surface area (Å²) in [6.07, 6.45) is 1.13. The molecule has 9 heteroatoms. The Hall–Kier alpha value is -2.45. The summed E-state index contributed by atoms with van der Waals surface area (Å²) in [6.45, 7) is 0. The van der Waals surface area contributed by atoms with Crippen LogP contribution in [0.1, 0.15) is 0 Å². The van der Waals surface area contributed by atoms with E-state index in [1.807, 2.05) is 0 Å². The highest BCUT2D eigenvalue weighted by atomic mass is 16.6. The molecule has 0 aliphatic heterocycles. The fourth-order valence-electron chi connectivity index (χ4n) is 1.06. The largest absolute Gasteiger partial charge is 0.378 e. The molecule has 0 amide bonds. The number of nitro groups is 1. The third kappa shape index (κ3) is 0.920. The zero-order valence-electron chi connectivity index (χ0n) is 6.67. The van der Waals surface area contributed by atoms with Gasteiger partial charge in [-0.3, -0.25) is 19.9 Å². The smallest absolute Gasteiger partial charge is 0.375 e. The number of fused-ring (bicyclic) bond motifs is 1. The van der Waals surface area contributed by atoms with Gasteiger partial charge < -0.3 is 5.73 Å². The van der Waals surface area contributed by atoms with Crippen molar-refractivity contribution >= 4 is 17.3 Å². The molecule has 0 aromatic carbocycles. The molecule has 0 unspecified atom stereocenters. The minimum Gasteiger partial charge on any atom is -0.378 e. The third-order valence-corrected chi connectivity index (χ3v) is 1.64. The second-order valence-corrected chi connectivity index (χ2v) is 2.44. The van der Waals surface area contributed by atoms with Gasteiger partial charge in [-0.15, -0.1) is 0 Å². The first kappa shape index (κ1) is 8.16. The van der Waals surface area contributed by atoms with Gasteiger partial charge in [-0.25, -0.2) is 0 Å². The minimum absolute atomic E-state index is 0.0677. The van der Waals surface area contributed by atoms with Crippen molar-refractivity contribution in [3.05, 3.63) is 26.8 Å². The maximum atomic E-state index is 11.1. The van der Waals surface area contributed by atoms with Crippen LogP contribution < -0.4 is 11.3 Å². The van der Waals surface area contributed by atoms with E-state index >= 15 is 0 Å². The Balaban J connectivity index is 2.96. The number of H-pyrrole nitrogens is 1. The fourth-order valence-corrected chi connectivity index (χ4v) is 1.06. The Morgan fingerprint density at radius 3 is 3.00 bits per heavy atom. The second kappa shape index (κ2) is 2.52. The highest BCUT2D eigenvalue weighted by Crippen LogP contribution is 2.13. The highest BCUT2D eigenvalue weighted by molar-refractivity contribution is 5.54. The predicted octanol–water partition coefficient (Wildman–Crippen LogP) is -1.09. The lowest BCUT2D eigenvalue weighted by molar-refractivity contribution is -0.385. The number of aromatic amines is 1. The Bertz CT molecular complexity index is 568. The van der Waals surface area contributed by atoms with E-state index in [4.69, 9.17) is 5.73 Å². The van der Waals surface area contributed by atoms with Crippen LogP contribution in [-0.2, 0) is 0 Å².